The lowest BCUT2D eigenvalue weighted by Gasteiger charge is -2.34. The fraction of sp³-hybridized carbons (Fsp3) is 0.471. The number of benzene rings is 1. The second-order valence-electron chi connectivity index (χ2n) is 7.11. The second kappa shape index (κ2) is 3.46. The van der Waals surface area contributed by atoms with Crippen LogP contribution in [0.3, 0.4) is 0 Å². The zero-order chi connectivity index (χ0) is 14.1. The number of hydrogen-bond acceptors (Lipinski definition) is 2. The molecule has 1 heterocycles. The van der Waals surface area contributed by atoms with Gasteiger partial charge in [0.1, 0.15) is 5.82 Å². The minimum Gasteiger partial charge on any atom is -0.399 e. The van der Waals surface area contributed by atoms with E-state index in [1.807, 2.05) is 24.3 Å². The average molecular weight is 267 g/mol. The van der Waals surface area contributed by atoms with Crippen LogP contribution in [0.2, 0.25) is 0 Å². The number of nitrogens with one attached hydrogen (secondary N) is 1. The third-order valence-corrected chi connectivity index (χ3v) is 6.01. The van der Waals surface area contributed by atoms with E-state index in [1.165, 1.54) is 24.2 Å². The SMILES string of the molecule is CC12CCC(c3[nH]c(-c4ccc(N)cc4)nc31)C2(C)C. The molecule has 0 amide bonds. The molecule has 2 bridgehead atoms. The molecule has 3 heteroatoms. The maximum absolute atomic E-state index is 5.76. The standard InChI is InChI=1S/C17H21N3/c1-16(2)12-8-9-17(16,3)14-13(12)19-15(20-14)10-4-6-11(18)7-5-10/h4-7,12H,8-9,18H2,1-3H3,(H,19,20). The van der Waals surface area contributed by atoms with Gasteiger partial charge in [0.2, 0.25) is 0 Å². The number of nitrogens with two attached hydrogens (primary N) is 1. The molecule has 2 aliphatic carbocycles. The number of rotatable bonds is 1. The molecule has 1 aromatic carbocycles. The summed E-state index contributed by atoms with van der Waals surface area (Å²) >= 11 is 0. The maximum Gasteiger partial charge on any atom is 0.137 e. The number of H-pyrrole nitrogens is 1. The van der Waals surface area contributed by atoms with Crippen molar-refractivity contribution >= 4 is 5.69 Å². The third-order valence-electron chi connectivity index (χ3n) is 6.01. The van der Waals surface area contributed by atoms with E-state index in [9.17, 15) is 0 Å². The quantitative estimate of drug-likeness (QED) is 0.771. The number of aromatic nitrogens is 2. The number of imidazole rings is 1. The van der Waals surface area contributed by atoms with Crippen LogP contribution in [-0.2, 0) is 5.41 Å². The van der Waals surface area contributed by atoms with Crippen LogP contribution >= 0.6 is 0 Å². The molecule has 4 rings (SSSR count). The van der Waals surface area contributed by atoms with Crippen molar-refractivity contribution in [3.05, 3.63) is 35.7 Å². The molecule has 0 aliphatic heterocycles. The highest BCUT2D eigenvalue weighted by atomic mass is 15.0. The zero-order valence-corrected chi connectivity index (χ0v) is 12.3. The molecule has 20 heavy (non-hydrogen) atoms. The van der Waals surface area contributed by atoms with Gasteiger partial charge in [-0.1, -0.05) is 20.8 Å². The molecule has 2 aliphatic rings. The molecule has 1 saturated carbocycles. The van der Waals surface area contributed by atoms with Crippen LogP contribution in [0.5, 0.6) is 0 Å². The molecule has 2 aromatic rings. The number of anilines is 1. The van der Waals surface area contributed by atoms with Gasteiger partial charge in [-0.05, 0) is 42.5 Å². The number of hydrogen-bond donors (Lipinski definition) is 2. The molecule has 0 spiro atoms. The minimum absolute atomic E-state index is 0.218. The number of fused-ring (bicyclic) bond motifs is 5. The fourth-order valence-corrected chi connectivity index (χ4v) is 4.27. The summed E-state index contributed by atoms with van der Waals surface area (Å²) in [4.78, 5) is 8.53. The average Bonchev–Trinajstić information content (AvgIpc) is 2.97. The number of nitrogens with zero attached hydrogens (tertiary/aromatic N) is 1. The molecule has 0 saturated heterocycles. The van der Waals surface area contributed by atoms with Crippen LogP contribution in [0, 0.1) is 5.41 Å². The number of nitrogen functional groups attached to an aromatic ring is 1. The third kappa shape index (κ3) is 1.23. The van der Waals surface area contributed by atoms with Crippen LogP contribution in [0.1, 0.15) is 50.9 Å². The molecule has 3 nitrogen and oxygen atoms in total. The molecular formula is C17H21N3. The van der Waals surface area contributed by atoms with Crippen LogP contribution in [0.25, 0.3) is 11.4 Å². The van der Waals surface area contributed by atoms with Gasteiger partial charge in [0.25, 0.3) is 0 Å². The topological polar surface area (TPSA) is 54.7 Å². The normalized spacial score (nSPS) is 29.6. The van der Waals surface area contributed by atoms with Crippen molar-refractivity contribution < 1.29 is 0 Å². The summed E-state index contributed by atoms with van der Waals surface area (Å²) in [6.45, 7) is 7.17. The monoisotopic (exact) mass is 267 g/mol. The van der Waals surface area contributed by atoms with Gasteiger partial charge in [-0.3, -0.25) is 0 Å². The zero-order valence-electron chi connectivity index (χ0n) is 12.3. The summed E-state index contributed by atoms with van der Waals surface area (Å²) in [5.41, 5.74) is 10.9. The highest BCUT2D eigenvalue weighted by Crippen LogP contribution is 2.67. The highest BCUT2D eigenvalue weighted by Gasteiger charge is 2.61. The van der Waals surface area contributed by atoms with E-state index in [4.69, 9.17) is 10.7 Å². The first-order chi connectivity index (χ1) is 9.43. The van der Waals surface area contributed by atoms with Gasteiger partial charge in [0, 0.05) is 28.3 Å². The lowest BCUT2D eigenvalue weighted by molar-refractivity contribution is 0.226. The summed E-state index contributed by atoms with van der Waals surface area (Å²) in [7, 11) is 0. The summed E-state index contributed by atoms with van der Waals surface area (Å²) in [6, 6.07) is 7.95. The Morgan fingerprint density at radius 2 is 1.90 bits per heavy atom. The Labute approximate surface area is 119 Å². The summed E-state index contributed by atoms with van der Waals surface area (Å²) in [5, 5.41) is 0. The van der Waals surface area contributed by atoms with Gasteiger partial charge >= 0.3 is 0 Å². The molecule has 2 unspecified atom stereocenters. The van der Waals surface area contributed by atoms with Crippen molar-refractivity contribution in [3.63, 3.8) is 0 Å². The summed E-state index contributed by atoms with van der Waals surface area (Å²) in [5.74, 6) is 1.61. The first-order valence-electron chi connectivity index (χ1n) is 7.40. The van der Waals surface area contributed by atoms with Gasteiger partial charge in [0.05, 0.1) is 5.69 Å². The van der Waals surface area contributed by atoms with Crippen molar-refractivity contribution in [3.8, 4) is 11.4 Å². The Kier molecular flexibility index (Phi) is 2.08. The Balaban J connectivity index is 1.84. The molecule has 1 aromatic heterocycles. The van der Waals surface area contributed by atoms with Crippen molar-refractivity contribution in [1.82, 2.24) is 9.97 Å². The van der Waals surface area contributed by atoms with E-state index >= 15 is 0 Å². The predicted octanol–water partition coefficient (Wildman–Crippen LogP) is 3.83. The molecule has 104 valence electrons. The largest absolute Gasteiger partial charge is 0.399 e. The van der Waals surface area contributed by atoms with Gasteiger partial charge in [-0.15, -0.1) is 0 Å². The predicted molar refractivity (Wildman–Crippen MR) is 81.5 cm³/mol. The summed E-state index contributed by atoms with van der Waals surface area (Å²) < 4.78 is 0. The Morgan fingerprint density at radius 3 is 2.55 bits per heavy atom. The maximum atomic E-state index is 5.76. The van der Waals surface area contributed by atoms with E-state index in [-0.39, 0.29) is 5.41 Å². The number of aromatic amines is 1. The van der Waals surface area contributed by atoms with Crippen molar-refractivity contribution in [2.45, 2.75) is 44.9 Å². The lowest BCUT2D eigenvalue weighted by atomic mass is 9.70. The van der Waals surface area contributed by atoms with Gasteiger partial charge < -0.3 is 10.7 Å². The van der Waals surface area contributed by atoms with E-state index < -0.39 is 0 Å². The van der Waals surface area contributed by atoms with Crippen LogP contribution < -0.4 is 5.73 Å². The molecule has 3 N–H and O–H groups in total. The van der Waals surface area contributed by atoms with E-state index in [2.05, 4.69) is 25.8 Å². The van der Waals surface area contributed by atoms with E-state index in [1.54, 1.807) is 0 Å². The second-order valence-corrected chi connectivity index (χ2v) is 7.11. The molecule has 0 radical (unpaired) electrons. The van der Waals surface area contributed by atoms with Gasteiger partial charge in [-0.25, -0.2) is 4.98 Å². The van der Waals surface area contributed by atoms with Gasteiger partial charge in [0.15, 0.2) is 0 Å². The first-order valence-corrected chi connectivity index (χ1v) is 7.40. The van der Waals surface area contributed by atoms with Crippen LogP contribution in [0.15, 0.2) is 24.3 Å². The Bertz CT molecular complexity index is 681. The Hall–Kier alpha value is -1.77. The fourth-order valence-electron chi connectivity index (χ4n) is 4.27. The molecular weight excluding hydrogens is 246 g/mol. The van der Waals surface area contributed by atoms with Crippen molar-refractivity contribution in [2.75, 3.05) is 5.73 Å². The van der Waals surface area contributed by atoms with Crippen LogP contribution in [0.4, 0.5) is 5.69 Å². The van der Waals surface area contributed by atoms with Gasteiger partial charge in [-0.2, -0.15) is 0 Å². The minimum atomic E-state index is 0.218. The van der Waals surface area contributed by atoms with Crippen molar-refractivity contribution in [1.29, 1.82) is 0 Å². The molecule has 2 atom stereocenters. The van der Waals surface area contributed by atoms with E-state index in [0.29, 0.717) is 11.3 Å². The van der Waals surface area contributed by atoms with Crippen LogP contribution in [-0.4, -0.2) is 9.97 Å². The Morgan fingerprint density at radius 1 is 1.20 bits per heavy atom. The smallest absolute Gasteiger partial charge is 0.137 e. The first kappa shape index (κ1) is 12.0. The van der Waals surface area contributed by atoms with E-state index in [0.717, 1.165) is 17.1 Å². The molecule has 1 fully saturated rings. The lowest BCUT2D eigenvalue weighted by Crippen LogP contribution is -2.31. The summed E-state index contributed by atoms with van der Waals surface area (Å²) in [6.07, 6.45) is 2.53. The van der Waals surface area contributed by atoms with Crippen molar-refractivity contribution in [2.24, 2.45) is 5.41 Å². The highest BCUT2D eigenvalue weighted by molar-refractivity contribution is 5.61.